The molecule has 104 valence electrons. The van der Waals surface area contributed by atoms with E-state index in [1.807, 2.05) is 0 Å². The Morgan fingerprint density at radius 1 is 1.21 bits per heavy atom. The zero-order chi connectivity index (χ0) is 13.7. The maximum atomic E-state index is 12.1. The van der Waals surface area contributed by atoms with Crippen LogP contribution >= 0.6 is 0 Å². The lowest BCUT2D eigenvalue weighted by Crippen LogP contribution is -2.44. The van der Waals surface area contributed by atoms with Gasteiger partial charge < -0.3 is 16.2 Å². The predicted octanol–water partition coefficient (Wildman–Crippen LogP) is -0.277. The summed E-state index contributed by atoms with van der Waals surface area (Å²) in [4.78, 5) is 33.9. The predicted molar refractivity (Wildman–Crippen MR) is 64.7 cm³/mol. The molecular formula is C13H18N2O4. The Balaban J connectivity index is 1.60. The minimum Gasteiger partial charge on any atom is -0.480 e. The summed E-state index contributed by atoms with van der Waals surface area (Å²) >= 11 is 0. The fourth-order valence-electron chi connectivity index (χ4n) is 4.34. The van der Waals surface area contributed by atoms with Crippen molar-refractivity contribution >= 4 is 17.8 Å². The van der Waals surface area contributed by atoms with Gasteiger partial charge in [0.2, 0.25) is 11.8 Å². The third kappa shape index (κ3) is 1.99. The summed E-state index contributed by atoms with van der Waals surface area (Å²) in [5.41, 5.74) is 4.99. The molecule has 0 aliphatic heterocycles. The minimum atomic E-state index is -1.21. The highest BCUT2D eigenvalue weighted by atomic mass is 16.4. The van der Waals surface area contributed by atoms with Gasteiger partial charge in [-0.05, 0) is 42.9 Å². The molecular weight excluding hydrogens is 248 g/mol. The lowest BCUT2D eigenvalue weighted by Gasteiger charge is -2.14. The molecule has 0 aromatic rings. The van der Waals surface area contributed by atoms with Crippen LogP contribution in [0.1, 0.15) is 25.7 Å². The average molecular weight is 266 g/mol. The van der Waals surface area contributed by atoms with Crippen LogP contribution in [0, 0.1) is 29.6 Å². The van der Waals surface area contributed by atoms with Crippen LogP contribution in [0.25, 0.3) is 0 Å². The summed E-state index contributed by atoms with van der Waals surface area (Å²) in [7, 11) is 0. The number of carbonyl (C=O) groups excluding carboxylic acids is 2. The van der Waals surface area contributed by atoms with Crippen LogP contribution in [-0.2, 0) is 14.4 Å². The third-order valence-electron chi connectivity index (χ3n) is 5.06. The van der Waals surface area contributed by atoms with Crippen LogP contribution < -0.4 is 11.1 Å². The SMILES string of the molecule is NC(=O)C[C@H](NC(=O)C1C2C3CCC(C3)C12)C(=O)O. The summed E-state index contributed by atoms with van der Waals surface area (Å²) in [6, 6.07) is -1.19. The highest BCUT2D eigenvalue weighted by molar-refractivity contribution is 5.90. The second kappa shape index (κ2) is 4.21. The van der Waals surface area contributed by atoms with Crippen LogP contribution in [0.3, 0.4) is 0 Å². The number of amides is 2. The second-order valence-corrected chi connectivity index (χ2v) is 6.08. The van der Waals surface area contributed by atoms with Crippen LogP contribution in [0.4, 0.5) is 0 Å². The Morgan fingerprint density at radius 2 is 1.79 bits per heavy atom. The molecule has 4 unspecified atom stereocenters. The molecule has 0 spiro atoms. The number of primary amides is 1. The molecule has 3 aliphatic rings. The van der Waals surface area contributed by atoms with Crippen LogP contribution in [0.2, 0.25) is 0 Å². The fraction of sp³-hybridized carbons (Fsp3) is 0.769. The number of carboxylic acids is 1. The zero-order valence-electron chi connectivity index (χ0n) is 10.5. The van der Waals surface area contributed by atoms with E-state index in [1.165, 1.54) is 19.3 Å². The molecule has 4 N–H and O–H groups in total. The number of hydrogen-bond acceptors (Lipinski definition) is 3. The number of nitrogens with one attached hydrogen (secondary N) is 1. The minimum absolute atomic E-state index is 0.0269. The van der Waals surface area contributed by atoms with Gasteiger partial charge in [-0.1, -0.05) is 0 Å². The first-order chi connectivity index (χ1) is 8.99. The Morgan fingerprint density at radius 3 is 2.26 bits per heavy atom. The van der Waals surface area contributed by atoms with Gasteiger partial charge in [-0.2, -0.15) is 0 Å². The van der Waals surface area contributed by atoms with Crippen LogP contribution in [-0.4, -0.2) is 28.9 Å². The first-order valence-corrected chi connectivity index (χ1v) is 6.80. The summed E-state index contributed by atoms with van der Waals surface area (Å²) < 4.78 is 0. The topological polar surface area (TPSA) is 109 Å². The molecule has 3 saturated carbocycles. The number of carbonyl (C=O) groups is 3. The number of rotatable bonds is 5. The quantitative estimate of drug-likeness (QED) is 0.636. The zero-order valence-corrected chi connectivity index (χ0v) is 10.5. The van der Waals surface area contributed by atoms with Gasteiger partial charge in [0.1, 0.15) is 6.04 Å². The van der Waals surface area contributed by atoms with Gasteiger partial charge >= 0.3 is 5.97 Å². The molecule has 0 heterocycles. The van der Waals surface area contributed by atoms with E-state index in [1.54, 1.807) is 0 Å². The Labute approximate surface area is 110 Å². The van der Waals surface area contributed by atoms with Crippen molar-refractivity contribution in [2.24, 2.45) is 35.3 Å². The summed E-state index contributed by atoms with van der Waals surface area (Å²) in [5, 5.41) is 11.4. The number of fused-ring (bicyclic) bond motifs is 5. The maximum Gasteiger partial charge on any atom is 0.326 e. The number of hydrogen-bond donors (Lipinski definition) is 3. The standard InChI is InChI=1S/C13H18N2O4/c14-8(16)4-7(13(18)19)15-12(17)11-9-5-1-2-6(3-5)10(9)11/h5-7,9-11H,1-4H2,(H2,14,16)(H,15,17)(H,18,19)/t5?,6?,7-,9?,10?,11?/m0/s1. The molecule has 0 aromatic heterocycles. The Hall–Kier alpha value is -1.59. The average Bonchev–Trinajstić information content (AvgIpc) is 2.77. The van der Waals surface area contributed by atoms with Gasteiger partial charge in [-0.25, -0.2) is 4.79 Å². The second-order valence-electron chi connectivity index (χ2n) is 6.08. The Bertz CT molecular complexity index is 434. The molecule has 5 atom stereocenters. The van der Waals surface area contributed by atoms with E-state index >= 15 is 0 Å². The van der Waals surface area contributed by atoms with E-state index < -0.39 is 17.9 Å². The van der Waals surface area contributed by atoms with Crippen molar-refractivity contribution in [2.75, 3.05) is 0 Å². The molecule has 0 radical (unpaired) electrons. The Kier molecular flexibility index (Phi) is 2.76. The molecule has 3 rings (SSSR count). The van der Waals surface area contributed by atoms with Gasteiger partial charge in [0.15, 0.2) is 0 Å². The molecule has 3 aliphatic carbocycles. The molecule has 3 fully saturated rings. The number of nitrogens with two attached hydrogens (primary N) is 1. The summed E-state index contributed by atoms with van der Waals surface area (Å²) in [6.07, 6.45) is 3.30. The molecule has 2 amide bonds. The largest absolute Gasteiger partial charge is 0.480 e. The van der Waals surface area contributed by atoms with Crippen molar-refractivity contribution < 1.29 is 19.5 Å². The summed E-state index contributed by atoms with van der Waals surface area (Å²) in [6.45, 7) is 0. The van der Waals surface area contributed by atoms with Crippen molar-refractivity contribution in [3.05, 3.63) is 0 Å². The first-order valence-electron chi connectivity index (χ1n) is 6.80. The highest BCUT2D eigenvalue weighted by Crippen LogP contribution is 2.69. The number of carboxylic acid groups (broad SMARTS) is 1. The molecule has 6 nitrogen and oxygen atoms in total. The van der Waals surface area contributed by atoms with E-state index in [9.17, 15) is 14.4 Å². The van der Waals surface area contributed by atoms with Gasteiger partial charge in [0.05, 0.1) is 6.42 Å². The fourth-order valence-corrected chi connectivity index (χ4v) is 4.34. The smallest absolute Gasteiger partial charge is 0.326 e. The van der Waals surface area contributed by atoms with Crippen molar-refractivity contribution in [3.63, 3.8) is 0 Å². The van der Waals surface area contributed by atoms with Crippen LogP contribution in [0.5, 0.6) is 0 Å². The van der Waals surface area contributed by atoms with Crippen LogP contribution in [0.15, 0.2) is 0 Å². The molecule has 19 heavy (non-hydrogen) atoms. The highest BCUT2D eigenvalue weighted by Gasteiger charge is 2.67. The van der Waals surface area contributed by atoms with E-state index in [0.717, 1.165) is 0 Å². The van der Waals surface area contributed by atoms with Crippen molar-refractivity contribution in [3.8, 4) is 0 Å². The maximum absolute atomic E-state index is 12.1. The molecule has 0 aromatic carbocycles. The normalized spacial score (nSPS) is 39.5. The van der Waals surface area contributed by atoms with E-state index in [-0.39, 0.29) is 18.2 Å². The van der Waals surface area contributed by atoms with Crippen molar-refractivity contribution in [2.45, 2.75) is 31.7 Å². The van der Waals surface area contributed by atoms with E-state index in [2.05, 4.69) is 5.32 Å². The van der Waals surface area contributed by atoms with Gasteiger partial charge in [0.25, 0.3) is 0 Å². The monoisotopic (exact) mass is 266 g/mol. The lowest BCUT2D eigenvalue weighted by molar-refractivity contribution is -0.143. The lowest BCUT2D eigenvalue weighted by atomic mass is 10.0. The van der Waals surface area contributed by atoms with Gasteiger partial charge in [0, 0.05) is 5.92 Å². The molecule has 0 saturated heterocycles. The molecule has 6 heteroatoms. The summed E-state index contributed by atoms with van der Waals surface area (Å²) in [5.74, 6) is 0.0739. The van der Waals surface area contributed by atoms with Crippen molar-refractivity contribution in [1.29, 1.82) is 0 Å². The van der Waals surface area contributed by atoms with E-state index in [4.69, 9.17) is 10.8 Å². The van der Waals surface area contributed by atoms with Gasteiger partial charge in [-0.15, -0.1) is 0 Å². The first kappa shape index (κ1) is 12.4. The number of aliphatic carboxylic acids is 1. The third-order valence-corrected chi connectivity index (χ3v) is 5.06. The molecule has 2 bridgehead atoms. The van der Waals surface area contributed by atoms with Gasteiger partial charge in [-0.3, -0.25) is 9.59 Å². The van der Waals surface area contributed by atoms with Crippen molar-refractivity contribution in [1.82, 2.24) is 5.32 Å². The van der Waals surface area contributed by atoms with E-state index in [0.29, 0.717) is 23.7 Å².